The molecular weight excluding hydrogens is 411 g/mol. The maximum Gasteiger partial charge on any atom is 0.417 e. The van der Waals surface area contributed by atoms with Gasteiger partial charge in [-0.3, -0.25) is 9.79 Å². The molecule has 1 aliphatic heterocycles. The van der Waals surface area contributed by atoms with E-state index in [0.29, 0.717) is 11.8 Å². The minimum Gasteiger partial charge on any atom is -0.475 e. The van der Waals surface area contributed by atoms with Crippen LogP contribution in [0.4, 0.5) is 22.0 Å². The van der Waals surface area contributed by atoms with Crippen molar-refractivity contribution in [3.63, 3.8) is 0 Å². The van der Waals surface area contributed by atoms with Gasteiger partial charge >= 0.3 is 6.18 Å². The lowest BCUT2D eigenvalue weighted by atomic mass is 9.88. The van der Waals surface area contributed by atoms with E-state index in [2.05, 4.69) is 9.98 Å². The summed E-state index contributed by atoms with van der Waals surface area (Å²) in [5.41, 5.74) is 5.00. The lowest BCUT2D eigenvalue weighted by molar-refractivity contribution is -0.151. The van der Waals surface area contributed by atoms with E-state index < -0.39 is 48.5 Å². The van der Waals surface area contributed by atoms with Crippen LogP contribution in [0.5, 0.6) is 5.88 Å². The summed E-state index contributed by atoms with van der Waals surface area (Å²) in [6.07, 6.45) is -3.05. The van der Waals surface area contributed by atoms with Crippen molar-refractivity contribution < 1.29 is 31.5 Å². The number of ether oxygens (including phenoxy) is 1. The average molecular weight is 434 g/mol. The number of nitrogens with zero attached hydrogens (tertiary/aromatic N) is 3. The van der Waals surface area contributed by atoms with Crippen LogP contribution < -0.4 is 10.5 Å². The molecule has 1 saturated heterocycles. The Bertz CT molecular complexity index is 821. The van der Waals surface area contributed by atoms with Crippen LogP contribution in [0.15, 0.2) is 34.6 Å². The number of aromatic nitrogens is 1. The van der Waals surface area contributed by atoms with Gasteiger partial charge in [-0.05, 0) is 24.5 Å². The highest BCUT2D eigenvalue weighted by Gasteiger charge is 2.46. The summed E-state index contributed by atoms with van der Waals surface area (Å²) in [6, 6.07) is 1.07. The predicted octanol–water partition coefficient (Wildman–Crippen LogP) is 3.28. The largest absolute Gasteiger partial charge is 0.475 e. The minimum atomic E-state index is -4.54. The lowest BCUT2D eigenvalue weighted by Crippen LogP contribution is -2.58. The SMILES string of the molecule is CN=CC(C)=C(N)C(=O)N1CC(F)(F)C[C@@H](C)C1COc1ccc(C(F)(F)F)cn1. The molecule has 1 amide bonds. The molecule has 0 spiro atoms. The topological polar surface area (TPSA) is 80.8 Å². The lowest BCUT2D eigenvalue weighted by Gasteiger charge is -2.43. The molecule has 0 radical (unpaired) electrons. The Hall–Kier alpha value is -2.72. The molecule has 1 unspecified atom stereocenters. The first kappa shape index (κ1) is 23.6. The van der Waals surface area contributed by atoms with Gasteiger partial charge in [-0.25, -0.2) is 13.8 Å². The summed E-state index contributed by atoms with van der Waals surface area (Å²) in [7, 11) is 1.48. The minimum absolute atomic E-state index is 0.113. The second-order valence-corrected chi connectivity index (χ2v) is 7.22. The van der Waals surface area contributed by atoms with E-state index in [1.165, 1.54) is 20.2 Å². The van der Waals surface area contributed by atoms with Gasteiger partial charge in [0.2, 0.25) is 5.88 Å². The number of hydrogen-bond acceptors (Lipinski definition) is 5. The van der Waals surface area contributed by atoms with Gasteiger partial charge in [-0.2, -0.15) is 13.2 Å². The number of rotatable bonds is 5. The van der Waals surface area contributed by atoms with Crippen molar-refractivity contribution in [1.82, 2.24) is 9.88 Å². The maximum absolute atomic E-state index is 14.1. The highest BCUT2D eigenvalue weighted by atomic mass is 19.4. The third-order valence-corrected chi connectivity index (χ3v) is 4.78. The van der Waals surface area contributed by atoms with Crippen LogP contribution in [-0.2, 0) is 11.0 Å². The third-order valence-electron chi connectivity index (χ3n) is 4.78. The van der Waals surface area contributed by atoms with Gasteiger partial charge in [0.1, 0.15) is 12.3 Å². The summed E-state index contributed by atoms with van der Waals surface area (Å²) in [4.78, 5) is 21.1. The molecule has 30 heavy (non-hydrogen) atoms. The molecule has 1 fully saturated rings. The molecule has 2 rings (SSSR count). The van der Waals surface area contributed by atoms with E-state index in [-0.39, 0.29) is 18.2 Å². The second kappa shape index (κ2) is 8.97. The van der Waals surface area contributed by atoms with Crippen molar-refractivity contribution in [3.8, 4) is 5.88 Å². The monoisotopic (exact) mass is 434 g/mol. The summed E-state index contributed by atoms with van der Waals surface area (Å²) in [5, 5.41) is 0. The highest BCUT2D eigenvalue weighted by molar-refractivity contribution is 5.99. The number of carbonyl (C=O) groups excluding carboxylic acids is 1. The Balaban J connectivity index is 2.22. The first-order chi connectivity index (χ1) is 13.9. The fourth-order valence-corrected chi connectivity index (χ4v) is 3.21. The zero-order valence-electron chi connectivity index (χ0n) is 16.7. The van der Waals surface area contributed by atoms with Gasteiger partial charge in [0, 0.05) is 31.9 Å². The van der Waals surface area contributed by atoms with Crippen LogP contribution >= 0.6 is 0 Å². The summed E-state index contributed by atoms with van der Waals surface area (Å²) >= 11 is 0. The van der Waals surface area contributed by atoms with Crippen molar-refractivity contribution in [1.29, 1.82) is 0 Å². The highest BCUT2D eigenvalue weighted by Crippen LogP contribution is 2.35. The van der Waals surface area contributed by atoms with Crippen molar-refractivity contribution >= 4 is 12.1 Å². The zero-order chi connectivity index (χ0) is 22.7. The quantitative estimate of drug-likeness (QED) is 0.438. The molecule has 11 heteroatoms. The van der Waals surface area contributed by atoms with E-state index in [1.54, 1.807) is 6.92 Å². The van der Waals surface area contributed by atoms with E-state index in [9.17, 15) is 26.7 Å². The number of halogens is 5. The van der Waals surface area contributed by atoms with E-state index >= 15 is 0 Å². The molecule has 0 bridgehead atoms. The van der Waals surface area contributed by atoms with Crippen LogP contribution in [0.3, 0.4) is 0 Å². The number of amides is 1. The number of likely N-dealkylation sites (tertiary alicyclic amines) is 1. The number of hydrogen-bond donors (Lipinski definition) is 1. The fraction of sp³-hybridized carbons (Fsp3) is 0.526. The first-order valence-corrected chi connectivity index (χ1v) is 9.09. The molecule has 1 aromatic rings. The molecule has 2 atom stereocenters. The first-order valence-electron chi connectivity index (χ1n) is 9.09. The van der Waals surface area contributed by atoms with Gasteiger partial charge in [-0.15, -0.1) is 0 Å². The normalized spacial score (nSPS) is 22.7. The molecule has 6 nitrogen and oxygen atoms in total. The van der Waals surface area contributed by atoms with Gasteiger partial charge in [0.25, 0.3) is 11.8 Å². The predicted molar refractivity (Wildman–Crippen MR) is 100 cm³/mol. The number of carbonyl (C=O) groups is 1. The number of aliphatic imine (C=N–C) groups is 1. The van der Waals surface area contributed by atoms with Gasteiger partial charge in [-0.1, -0.05) is 6.92 Å². The number of pyridine rings is 1. The Kier molecular flexibility index (Phi) is 7.04. The Morgan fingerprint density at radius 3 is 2.63 bits per heavy atom. The maximum atomic E-state index is 14.1. The molecular formula is C19H23F5N4O2. The van der Waals surface area contributed by atoms with E-state index in [4.69, 9.17) is 10.5 Å². The van der Waals surface area contributed by atoms with Crippen LogP contribution in [0.25, 0.3) is 0 Å². The fourth-order valence-electron chi connectivity index (χ4n) is 3.21. The van der Waals surface area contributed by atoms with Crippen LogP contribution in [0.1, 0.15) is 25.8 Å². The molecule has 0 aromatic carbocycles. The second-order valence-electron chi connectivity index (χ2n) is 7.22. The molecule has 1 aromatic heterocycles. The Morgan fingerprint density at radius 1 is 1.43 bits per heavy atom. The van der Waals surface area contributed by atoms with Crippen molar-refractivity contribution in [3.05, 3.63) is 35.2 Å². The molecule has 166 valence electrons. The van der Waals surface area contributed by atoms with Crippen LogP contribution in [0, 0.1) is 5.92 Å². The summed E-state index contributed by atoms with van der Waals surface area (Å²) in [6.45, 7) is 2.00. The number of piperidine rings is 1. The van der Waals surface area contributed by atoms with Crippen LogP contribution in [0.2, 0.25) is 0 Å². The Morgan fingerprint density at radius 2 is 2.10 bits per heavy atom. The van der Waals surface area contributed by atoms with Crippen molar-refractivity contribution in [2.45, 2.75) is 38.4 Å². The van der Waals surface area contributed by atoms with Crippen molar-refractivity contribution in [2.24, 2.45) is 16.6 Å². The standard InChI is InChI=1S/C19H23F5N4O2/c1-11-6-18(20,21)10-28(17(29)16(25)12(2)7-26-3)14(11)9-30-15-5-4-13(8-27-15)19(22,23)24/h4-5,7-8,11,14H,6,9-10,25H2,1-3H3/t11-,14?/m1/s1. The van der Waals surface area contributed by atoms with Crippen LogP contribution in [-0.4, -0.2) is 54.2 Å². The number of nitrogens with two attached hydrogens (primary N) is 1. The molecule has 0 saturated carbocycles. The average Bonchev–Trinajstić information content (AvgIpc) is 2.64. The number of alkyl halides is 5. The zero-order valence-corrected chi connectivity index (χ0v) is 16.7. The molecule has 2 N–H and O–H groups in total. The molecule has 1 aliphatic rings. The molecule has 0 aliphatic carbocycles. The smallest absolute Gasteiger partial charge is 0.417 e. The van der Waals surface area contributed by atoms with E-state index in [1.807, 2.05) is 0 Å². The van der Waals surface area contributed by atoms with Gasteiger partial charge in [0.15, 0.2) is 0 Å². The Labute approximate surface area is 170 Å². The summed E-state index contributed by atoms with van der Waals surface area (Å²) in [5.74, 6) is -4.66. The van der Waals surface area contributed by atoms with Gasteiger partial charge in [0.05, 0.1) is 18.2 Å². The molecule has 2 heterocycles. The van der Waals surface area contributed by atoms with Crippen molar-refractivity contribution in [2.75, 3.05) is 20.2 Å². The third kappa shape index (κ3) is 5.67. The van der Waals surface area contributed by atoms with Gasteiger partial charge < -0.3 is 15.4 Å². The summed E-state index contributed by atoms with van der Waals surface area (Å²) < 4.78 is 71.6. The van der Waals surface area contributed by atoms with E-state index in [0.717, 1.165) is 17.0 Å². The number of allylic oxidation sites excluding steroid dienone is 1.